The van der Waals surface area contributed by atoms with Gasteiger partial charge in [0.15, 0.2) is 5.96 Å². The van der Waals surface area contributed by atoms with E-state index < -0.39 is 0 Å². The number of nitrogens with zero attached hydrogens (tertiary/aromatic N) is 2. The fraction of sp³-hybridized carbons (Fsp3) is 0.652. The Labute approximate surface area is 204 Å². The molecular weight excluding hydrogens is 505 g/mol. The van der Waals surface area contributed by atoms with Crippen molar-refractivity contribution in [3.63, 3.8) is 0 Å². The highest BCUT2D eigenvalue weighted by atomic mass is 127. The molecule has 8 heteroatoms. The van der Waals surface area contributed by atoms with Gasteiger partial charge in [-0.3, -0.25) is 14.7 Å². The third-order valence-corrected chi connectivity index (χ3v) is 5.09. The summed E-state index contributed by atoms with van der Waals surface area (Å²) in [5.41, 5.74) is 1.10. The maximum Gasteiger partial charge on any atom is 0.222 e. The van der Waals surface area contributed by atoms with Crippen LogP contribution in [0.5, 0.6) is 0 Å². The van der Waals surface area contributed by atoms with Crippen LogP contribution in [0, 0.1) is 5.92 Å². The molecule has 1 aliphatic rings. The Balaban J connectivity index is 0.00000480. The van der Waals surface area contributed by atoms with Gasteiger partial charge in [-0.25, -0.2) is 0 Å². The molecule has 7 nitrogen and oxygen atoms in total. The van der Waals surface area contributed by atoms with E-state index in [0.717, 1.165) is 57.3 Å². The number of carbonyl (C=O) groups excluding carboxylic acids is 1. The van der Waals surface area contributed by atoms with Crippen LogP contribution in [0.2, 0.25) is 0 Å². The lowest BCUT2D eigenvalue weighted by molar-refractivity contribution is -0.121. The van der Waals surface area contributed by atoms with Crippen molar-refractivity contribution in [2.24, 2.45) is 10.9 Å². The van der Waals surface area contributed by atoms with E-state index in [1.54, 1.807) is 0 Å². The molecule has 0 spiro atoms. The molecule has 31 heavy (non-hydrogen) atoms. The Morgan fingerprint density at radius 2 is 1.84 bits per heavy atom. The first-order chi connectivity index (χ1) is 14.6. The summed E-state index contributed by atoms with van der Waals surface area (Å²) >= 11 is 0. The van der Waals surface area contributed by atoms with E-state index >= 15 is 0 Å². The number of morpholine rings is 1. The number of guanidine groups is 1. The van der Waals surface area contributed by atoms with E-state index in [1.165, 1.54) is 0 Å². The van der Waals surface area contributed by atoms with Crippen molar-refractivity contribution in [2.45, 2.75) is 46.2 Å². The summed E-state index contributed by atoms with van der Waals surface area (Å²) in [5, 5.41) is 9.55. The van der Waals surface area contributed by atoms with Crippen LogP contribution in [0.3, 0.4) is 0 Å². The number of nitrogens with one attached hydrogen (secondary N) is 3. The van der Waals surface area contributed by atoms with Crippen LogP contribution >= 0.6 is 24.0 Å². The summed E-state index contributed by atoms with van der Waals surface area (Å²) in [6.45, 7) is 12.8. The van der Waals surface area contributed by atoms with Crippen molar-refractivity contribution >= 4 is 35.8 Å². The summed E-state index contributed by atoms with van der Waals surface area (Å²) in [6.07, 6.45) is 1.53. The van der Waals surface area contributed by atoms with Gasteiger partial charge in [0.05, 0.1) is 19.8 Å². The zero-order chi connectivity index (χ0) is 21.6. The van der Waals surface area contributed by atoms with Crippen LogP contribution in [-0.2, 0) is 16.1 Å². The van der Waals surface area contributed by atoms with Crippen LogP contribution in [-0.4, -0.2) is 68.7 Å². The first-order valence-corrected chi connectivity index (χ1v) is 11.2. The molecule has 0 bridgehead atoms. The number of aliphatic imine (C=N–C) groups is 1. The molecule has 1 atom stereocenters. The molecule has 0 saturated carbocycles. The van der Waals surface area contributed by atoms with Crippen LogP contribution in [0.15, 0.2) is 35.3 Å². The topological polar surface area (TPSA) is 78.0 Å². The Hall–Kier alpha value is -1.39. The molecule has 1 aromatic carbocycles. The first-order valence-electron chi connectivity index (χ1n) is 11.2. The quantitative estimate of drug-likeness (QED) is 0.227. The average Bonchev–Trinajstić information content (AvgIpc) is 2.76. The van der Waals surface area contributed by atoms with Crippen LogP contribution in [0.4, 0.5) is 0 Å². The Morgan fingerprint density at radius 1 is 1.13 bits per heavy atom. The SMILES string of the molecule is CCNC(=NCC(CC(C)C)N1CCOCC1)NCCC(=O)NCc1ccccc1.I. The summed E-state index contributed by atoms with van der Waals surface area (Å²) < 4.78 is 5.50. The van der Waals surface area contributed by atoms with Gasteiger partial charge in [0.2, 0.25) is 5.91 Å². The van der Waals surface area contributed by atoms with Gasteiger partial charge in [-0.2, -0.15) is 0 Å². The monoisotopic (exact) mass is 545 g/mol. The van der Waals surface area contributed by atoms with Gasteiger partial charge in [0.1, 0.15) is 0 Å². The fourth-order valence-electron chi connectivity index (χ4n) is 3.54. The van der Waals surface area contributed by atoms with Crippen molar-refractivity contribution in [1.82, 2.24) is 20.9 Å². The summed E-state index contributed by atoms with van der Waals surface area (Å²) in [4.78, 5) is 19.4. The number of rotatable bonds is 11. The molecule has 1 heterocycles. The van der Waals surface area contributed by atoms with E-state index in [1.807, 2.05) is 30.3 Å². The highest BCUT2D eigenvalue weighted by Gasteiger charge is 2.21. The molecule has 1 unspecified atom stereocenters. The normalized spacial score (nSPS) is 15.8. The summed E-state index contributed by atoms with van der Waals surface area (Å²) in [7, 11) is 0. The summed E-state index contributed by atoms with van der Waals surface area (Å²) in [6, 6.07) is 10.4. The van der Waals surface area contributed by atoms with Crippen molar-refractivity contribution in [3.05, 3.63) is 35.9 Å². The molecule has 1 fully saturated rings. The maximum absolute atomic E-state index is 12.1. The second-order valence-corrected chi connectivity index (χ2v) is 8.09. The second kappa shape index (κ2) is 16.3. The van der Waals surface area contributed by atoms with Crippen molar-refractivity contribution in [2.75, 3.05) is 45.9 Å². The smallest absolute Gasteiger partial charge is 0.222 e. The lowest BCUT2D eigenvalue weighted by Crippen LogP contribution is -2.46. The van der Waals surface area contributed by atoms with E-state index in [9.17, 15) is 4.79 Å². The van der Waals surface area contributed by atoms with Crippen LogP contribution in [0.25, 0.3) is 0 Å². The lowest BCUT2D eigenvalue weighted by atomic mass is 10.0. The third-order valence-electron chi connectivity index (χ3n) is 5.09. The standard InChI is InChI=1S/C23H39N5O2.HI/c1-4-24-23(25-11-10-22(29)26-17-20-8-6-5-7-9-20)27-18-21(16-19(2)3)28-12-14-30-15-13-28;/h5-9,19,21H,4,10-18H2,1-3H3,(H,26,29)(H2,24,25,27);1H. The van der Waals surface area contributed by atoms with Crippen molar-refractivity contribution in [1.29, 1.82) is 0 Å². The zero-order valence-corrected chi connectivity index (χ0v) is 21.6. The summed E-state index contributed by atoms with van der Waals surface area (Å²) in [5.74, 6) is 1.43. The number of hydrogen-bond acceptors (Lipinski definition) is 4. The molecule has 1 aliphatic heterocycles. The molecule has 2 rings (SSSR count). The van der Waals surface area contributed by atoms with E-state index in [2.05, 4.69) is 41.6 Å². The Morgan fingerprint density at radius 3 is 2.48 bits per heavy atom. The minimum atomic E-state index is 0. The number of carbonyl (C=O) groups is 1. The molecule has 3 N–H and O–H groups in total. The number of halogens is 1. The van der Waals surface area contributed by atoms with Gasteiger partial charge in [-0.05, 0) is 24.8 Å². The second-order valence-electron chi connectivity index (χ2n) is 8.09. The van der Waals surface area contributed by atoms with Crippen LogP contribution < -0.4 is 16.0 Å². The largest absolute Gasteiger partial charge is 0.379 e. The fourth-order valence-corrected chi connectivity index (χ4v) is 3.54. The van der Waals surface area contributed by atoms with Crippen molar-refractivity contribution in [3.8, 4) is 0 Å². The van der Waals surface area contributed by atoms with Gasteiger partial charge in [0.25, 0.3) is 0 Å². The Kier molecular flexibility index (Phi) is 14.5. The maximum atomic E-state index is 12.1. The predicted molar refractivity (Wildman–Crippen MR) is 138 cm³/mol. The molecule has 176 valence electrons. The molecule has 0 radical (unpaired) electrons. The zero-order valence-electron chi connectivity index (χ0n) is 19.2. The highest BCUT2D eigenvalue weighted by molar-refractivity contribution is 14.0. The predicted octanol–water partition coefficient (Wildman–Crippen LogP) is 2.61. The number of ether oxygens (including phenoxy) is 1. The van der Waals surface area contributed by atoms with Gasteiger partial charge < -0.3 is 20.7 Å². The number of benzene rings is 1. The van der Waals surface area contributed by atoms with Gasteiger partial charge in [-0.15, -0.1) is 24.0 Å². The minimum absolute atomic E-state index is 0. The molecule has 1 aromatic rings. The average molecular weight is 546 g/mol. The third kappa shape index (κ3) is 11.7. The molecule has 1 amide bonds. The van der Waals surface area contributed by atoms with E-state index in [4.69, 9.17) is 9.73 Å². The van der Waals surface area contributed by atoms with Gasteiger partial charge in [0, 0.05) is 45.2 Å². The molecule has 0 aromatic heterocycles. The first kappa shape index (κ1) is 27.6. The van der Waals surface area contributed by atoms with Gasteiger partial charge in [-0.1, -0.05) is 44.2 Å². The van der Waals surface area contributed by atoms with Crippen LogP contribution in [0.1, 0.15) is 39.2 Å². The minimum Gasteiger partial charge on any atom is -0.379 e. The Bertz CT molecular complexity index is 636. The highest BCUT2D eigenvalue weighted by Crippen LogP contribution is 2.14. The number of hydrogen-bond donors (Lipinski definition) is 3. The lowest BCUT2D eigenvalue weighted by Gasteiger charge is -2.34. The molecular formula is C23H40IN5O2. The van der Waals surface area contributed by atoms with Crippen molar-refractivity contribution < 1.29 is 9.53 Å². The molecule has 1 saturated heterocycles. The van der Waals surface area contributed by atoms with E-state index in [0.29, 0.717) is 31.5 Å². The molecule has 0 aliphatic carbocycles. The van der Waals surface area contributed by atoms with Gasteiger partial charge >= 0.3 is 0 Å². The van der Waals surface area contributed by atoms with E-state index in [-0.39, 0.29) is 29.9 Å². The number of amides is 1.